The Morgan fingerprint density at radius 3 is 2.59 bits per heavy atom. The van der Waals surface area contributed by atoms with Crippen molar-refractivity contribution >= 4 is 29.2 Å². The molecule has 0 radical (unpaired) electrons. The van der Waals surface area contributed by atoms with Gasteiger partial charge in [-0.2, -0.15) is 0 Å². The molecule has 1 fully saturated rings. The Hall–Kier alpha value is -1.07. The minimum Gasteiger partial charge on any atom is -0.463 e. The second-order valence-electron chi connectivity index (χ2n) is 8.68. The smallest absolute Gasteiger partial charge is 0.305 e. The van der Waals surface area contributed by atoms with Gasteiger partial charge in [-0.25, -0.2) is 0 Å². The fourth-order valence-electron chi connectivity index (χ4n) is 4.44. The van der Waals surface area contributed by atoms with Gasteiger partial charge in [0.2, 0.25) is 0 Å². The van der Waals surface area contributed by atoms with Crippen molar-refractivity contribution < 1.29 is 19.7 Å². The number of allylic oxidation sites excluding steroid dienone is 2. The van der Waals surface area contributed by atoms with Gasteiger partial charge in [-0.3, -0.25) is 4.79 Å². The molecule has 180 valence electrons. The molecule has 0 amide bonds. The number of esters is 1. The Morgan fingerprint density at radius 1 is 1.16 bits per heavy atom. The maximum absolute atomic E-state index is 11.4. The Kier molecular flexibility index (Phi) is 12.7. The summed E-state index contributed by atoms with van der Waals surface area (Å²) in [6.07, 6.45) is 11.5. The summed E-state index contributed by atoms with van der Waals surface area (Å²) in [4.78, 5) is 11.4. The molecule has 5 atom stereocenters. The number of carbonyl (C=O) groups is 1. The lowest BCUT2D eigenvalue weighted by atomic mass is 9.85. The highest BCUT2D eigenvalue weighted by molar-refractivity contribution is 6.25. The first-order valence-electron chi connectivity index (χ1n) is 11.9. The Bertz CT molecular complexity index is 692. The van der Waals surface area contributed by atoms with Gasteiger partial charge in [-0.05, 0) is 49.1 Å². The summed E-state index contributed by atoms with van der Waals surface area (Å²) in [7, 11) is 0. The predicted octanol–water partition coefficient (Wildman–Crippen LogP) is 6.27. The van der Waals surface area contributed by atoms with Crippen LogP contribution in [0.15, 0.2) is 36.4 Å². The zero-order valence-electron chi connectivity index (χ0n) is 19.1. The molecule has 1 aromatic rings. The van der Waals surface area contributed by atoms with Crippen LogP contribution >= 0.6 is 23.2 Å². The topological polar surface area (TPSA) is 66.8 Å². The number of benzene rings is 1. The minimum atomic E-state index is -0.411. The van der Waals surface area contributed by atoms with Crippen LogP contribution in [0.3, 0.4) is 0 Å². The van der Waals surface area contributed by atoms with E-state index in [9.17, 15) is 9.90 Å². The molecule has 1 unspecified atom stereocenters. The van der Waals surface area contributed by atoms with Gasteiger partial charge >= 0.3 is 5.97 Å². The zero-order chi connectivity index (χ0) is 23.3. The van der Waals surface area contributed by atoms with Crippen molar-refractivity contribution in [1.82, 2.24) is 0 Å². The van der Waals surface area contributed by atoms with Crippen LogP contribution in [0.5, 0.6) is 0 Å². The molecule has 0 aromatic heterocycles. The summed E-state index contributed by atoms with van der Waals surface area (Å²) in [6, 6.07) is 8.25. The molecule has 0 saturated heterocycles. The van der Waals surface area contributed by atoms with Crippen LogP contribution in [-0.4, -0.2) is 40.2 Å². The lowest BCUT2D eigenvalue weighted by molar-refractivity contribution is -0.144. The lowest BCUT2D eigenvalue weighted by Crippen LogP contribution is -2.16. The SMILES string of the molecule is CCCCCC(O)c1ccc([C@@H]2[C@@H](C/C=C\CCCC(=O)OCCO)[C@H](Cl)C[C@@H]2Cl)cc1. The van der Waals surface area contributed by atoms with E-state index in [-0.39, 0.29) is 41.8 Å². The van der Waals surface area contributed by atoms with Gasteiger partial charge in [0.05, 0.1) is 12.7 Å². The van der Waals surface area contributed by atoms with E-state index in [4.69, 9.17) is 33.0 Å². The molecule has 1 aromatic carbocycles. The summed E-state index contributed by atoms with van der Waals surface area (Å²) in [5.41, 5.74) is 2.15. The third-order valence-electron chi connectivity index (χ3n) is 6.23. The third kappa shape index (κ3) is 8.70. The van der Waals surface area contributed by atoms with Gasteiger partial charge in [-0.1, -0.05) is 62.6 Å². The molecular formula is C26H38Cl2O4. The Morgan fingerprint density at radius 2 is 1.91 bits per heavy atom. The molecule has 0 heterocycles. The summed E-state index contributed by atoms with van der Waals surface area (Å²) in [5, 5.41) is 19.1. The molecule has 0 aliphatic heterocycles. The summed E-state index contributed by atoms with van der Waals surface area (Å²) < 4.78 is 4.85. The van der Waals surface area contributed by atoms with Crippen molar-refractivity contribution in [3.63, 3.8) is 0 Å². The van der Waals surface area contributed by atoms with Crippen LogP contribution in [-0.2, 0) is 9.53 Å². The number of aliphatic hydroxyl groups excluding tert-OH is 2. The highest BCUT2D eigenvalue weighted by atomic mass is 35.5. The van der Waals surface area contributed by atoms with Gasteiger partial charge < -0.3 is 14.9 Å². The fourth-order valence-corrected chi connectivity index (χ4v) is 5.51. The quantitative estimate of drug-likeness (QED) is 0.141. The van der Waals surface area contributed by atoms with Gasteiger partial charge in [-0.15, -0.1) is 23.2 Å². The first-order chi connectivity index (χ1) is 15.5. The number of ether oxygens (including phenoxy) is 1. The van der Waals surface area contributed by atoms with Crippen molar-refractivity contribution in [1.29, 1.82) is 0 Å². The number of alkyl halides is 2. The van der Waals surface area contributed by atoms with Gasteiger partial charge in [0.1, 0.15) is 6.61 Å². The number of hydrogen-bond donors (Lipinski definition) is 2. The number of carbonyl (C=O) groups excluding carboxylic acids is 1. The van der Waals surface area contributed by atoms with E-state index in [2.05, 4.69) is 31.2 Å². The van der Waals surface area contributed by atoms with E-state index >= 15 is 0 Å². The van der Waals surface area contributed by atoms with Crippen LogP contribution in [0.2, 0.25) is 0 Å². The second-order valence-corrected chi connectivity index (χ2v) is 9.80. The lowest BCUT2D eigenvalue weighted by Gasteiger charge is -2.23. The molecule has 0 spiro atoms. The molecule has 1 aliphatic carbocycles. The van der Waals surface area contributed by atoms with Crippen molar-refractivity contribution in [2.75, 3.05) is 13.2 Å². The maximum Gasteiger partial charge on any atom is 0.305 e. The number of hydrogen-bond acceptors (Lipinski definition) is 4. The standard InChI is InChI=1S/C26H38Cl2O4/c1-2-3-6-10-24(30)19-12-14-20(15-13-19)26-21(22(27)18-23(26)28)9-7-4-5-8-11-25(31)32-17-16-29/h4,7,12-15,21-24,26,29-30H,2-3,5-6,8-11,16-18H2,1H3/b7-4-/t21-,22+,23-,24?,26+/m0/s1. The zero-order valence-corrected chi connectivity index (χ0v) is 20.6. The van der Waals surface area contributed by atoms with Crippen LogP contribution in [0.1, 0.15) is 87.9 Å². The predicted molar refractivity (Wildman–Crippen MR) is 131 cm³/mol. The van der Waals surface area contributed by atoms with Crippen molar-refractivity contribution in [2.24, 2.45) is 5.92 Å². The van der Waals surface area contributed by atoms with Crippen LogP contribution in [0.25, 0.3) is 0 Å². The number of rotatable bonds is 14. The van der Waals surface area contributed by atoms with E-state index < -0.39 is 6.10 Å². The summed E-state index contributed by atoms with van der Waals surface area (Å²) >= 11 is 13.4. The van der Waals surface area contributed by atoms with E-state index in [1.807, 2.05) is 12.1 Å². The Balaban J connectivity index is 1.88. The number of aliphatic hydroxyl groups is 2. The average Bonchev–Trinajstić information content (AvgIpc) is 3.07. The molecule has 2 rings (SSSR count). The molecular weight excluding hydrogens is 447 g/mol. The van der Waals surface area contributed by atoms with Crippen LogP contribution in [0, 0.1) is 5.92 Å². The van der Waals surface area contributed by atoms with E-state index in [1.54, 1.807) is 0 Å². The molecule has 32 heavy (non-hydrogen) atoms. The first-order valence-corrected chi connectivity index (χ1v) is 12.8. The fraction of sp³-hybridized carbons (Fsp3) is 0.654. The monoisotopic (exact) mass is 484 g/mol. The molecule has 1 saturated carbocycles. The molecule has 6 heteroatoms. The third-order valence-corrected chi connectivity index (χ3v) is 7.19. The maximum atomic E-state index is 11.4. The number of halogens is 2. The van der Waals surface area contributed by atoms with Gasteiger partial charge in [0.15, 0.2) is 0 Å². The first kappa shape index (κ1) is 27.2. The van der Waals surface area contributed by atoms with Crippen molar-refractivity contribution in [3.05, 3.63) is 47.5 Å². The minimum absolute atomic E-state index is 0.00229. The molecule has 4 nitrogen and oxygen atoms in total. The Labute approximate surface area is 203 Å². The largest absolute Gasteiger partial charge is 0.463 e. The van der Waals surface area contributed by atoms with Crippen LogP contribution in [0.4, 0.5) is 0 Å². The summed E-state index contributed by atoms with van der Waals surface area (Å²) in [5.74, 6) is 0.168. The van der Waals surface area contributed by atoms with Gasteiger partial charge in [0, 0.05) is 23.1 Å². The summed E-state index contributed by atoms with van der Waals surface area (Å²) in [6.45, 7) is 2.09. The average molecular weight is 485 g/mol. The molecule has 1 aliphatic rings. The number of unbranched alkanes of at least 4 members (excludes halogenated alkanes) is 3. The molecule has 2 N–H and O–H groups in total. The van der Waals surface area contributed by atoms with Crippen molar-refractivity contribution in [2.45, 2.75) is 87.5 Å². The van der Waals surface area contributed by atoms with Crippen LogP contribution < -0.4 is 0 Å². The normalized spacial score (nSPS) is 24.2. The van der Waals surface area contributed by atoms with Gasteiger partial charge in [0.25, 0.3) is 0 Å². The van der Waals surface area contributed by atoms with E-state index in [0.717, 1.165) is 56.9 Å². The molecule has 0 bridgehead atoms. The highest BCUT2D eigenvalue weighted by Crippen LogP contribution is 2.47. The highest BCUT2D eigenvalue weighted by Gasteiger charge is 2.41. The van der Waals surface area contributed by atoms with Crippen molar-refractivity contribution in [3.8, 4) is 0 Å². The van der Waals surface area contributed by atoms with E-state index in [1.165, 1.54) is 5.56 Å². The second kappa shape index (κ2) is 15.0. The van der Waals surface area contributed by atoms with E-state index in [0.29, 0.717) is 6.42 Å².